The normalized spacial score (nSPS) is 14.9. The highest BCUT2D eigenvalue weighted by Crippen LogP contribution is 2.40. The van der Waals surface area contributed by atoms with Crippen molar-refractivity contribution in [1.29, 1.82) is 0 Å². The van der Waals surface area contributed by atoms with Crippen LogP contribution >= 0.6 is 11.6 Å². The van der Waals surface area contributed by atoms with E-state index >= 15 is 0 Å². The summed E-state index contributed by atoms with van der Waals surface area (Å²) < 4.78 is 11.0. The molecule has 1 fully saturated rings. The van der Waals surface area contributed by atoms with E-state index in [1.54, 1.807) is 7.11 Å². The number of ether oxygens (including phenoxy) is 2. The molecule has 0 bridgehead atoms. The Balaban J connectivity index is 2.26. The molecule has 1 aliphatic rings. The molecule has 0 saturated heterocycles. The van der Waals surface area contributed by atoms with Crippen LogP contribution in [-0.4, -0.2) is 20.3 Å². The molecule has 16 heavy (non-hydrogen) atoms. The third-order valence-corrected chi connectivity index (χ3v) is 2.76. The summed E-state index contributed by atoms with van der Waals surface area (Å²) in [7, 11) is 3.53. The van der Waals surface area contributed by atoms with Crippen LogP contribution in [-0.2, 0) is 6.54 Å². The van der Waals surface area contributed by atoms with E-state index in [4.69, 9.17) is 21.1 Å². The molecule has 1 saturated carbocycles. The topological polar surface area (TPSA) is 30.5 Å². The van der Waals surface area contributed by atoms with Gasteiger partial charge in [0.05, 0.1) is 18.2 Å². The van der Waals surface area contributed by atoms with Crippen LogP contribution < -0.4 is 14.8 Å². The number of hydrogen-bond donors (Lipinski definition) is 1. The first-order chi connectivity index (χ1) is 7.74. The van der Waals surface area contributed by atoms with Crippen LogP contribution in [0.2, 0.25) is 5.02 Å². The average Bonchev–Trinajstić information content (AvgIpc) is 3.06. The molecule has 1 N–H and O–H groups in total. The van der Waals surface area contributed by atoms with Gasteiger partial charge in [-0.3, -0.25) is 0 Å². The number of nitrogens with one attached hydrogen (secondary N) is 1. The molecule has 0 aromatic heterocycles. The lowest BCUT2D eigenvalue weighted by atomic mass is 10.2. The molecule has 0 aliphatic heterocycles. The van der Waals surface area contributed by atoms with Crippen molar-refractivity contribution < 1.29 is 9.47 Å². The molecule has 0 heterocycles. The quantitative estimate of drug-likeness (QED) is 0.860. The van der Waals surface area contributed by atoms with E-state index in [-0.39, 0.29) is 0 Å². The van der Waals surface area contributed by atoms with Gasteiger partial charge in [0.1, 0.15) is 0 Å². The van der Waals surface area contributed by atoms with Crippen molar-refractivity contribution in [2.75, 3.05) is 14.2 Å². The van der Waals surface area contributed by atoms with Crippen molar-refractivity contribution in [3.05, 3.63) is 22.7 Å². The standard InChI is InChI=1S/C12H16ClNO2/c1-14-7-8-5-10(13)12(11(6-8)15-2)16-9-3-4-9/h5-6,9,14H,3-4,7H2,1-2H3. The highest BCUT2D eigenvalue weighted by atomic mass is 35.5. The maximum absolute atomic E-state index is 6.19. The van der Waals surface area contributed by atoms with Crippen molar-refractivity contribution in [2.45, 2.75) is 25.5 Å². The molecular weight excluding hydrogens is 226 g/mol. The number of halogens is 1. The molecule has 4 heteroatoms. The van der Waals surface area contributed by atoms with Gasteiger partial charge in [0.15, 0.2) is 11.5 Å². The summed E-state index contributed by atoms with van der Waals surface area (Å²) in [6.07, 6.45) is 2.54. The maximum Gasteiger partial charge on any atom is 0.180 e. The van der Waals surface area contributed by atoms with Gasteiger partial charge in [-0.1, -0.05) is 11.6 Å². The van der Waals surface area contributed by atoms with Crippen molar-refractivity contribution in [3.8, 4) is 11.5 Å². The predicted molar refractivity (Wildman–Crippen MR) is 64.4 cm³/mol. The van der Waals surface area contributed by atoms with Gasteiger partial charge in [0.25, 0.3) is 0 Å². The minimum Gasteiger partial charge on any atom is -0.493 e. The van der Waals surface area contributed by atoms with E-state index in [0.29, 0.717) is 22.6 Å². The van der Waals surface area contributed by atoms with Crippen molar-refractivity contribution >= 4 is 11.6 Å². The van der Waals surface area contributed by atoms with Crippen molar-refractivity contribution in [1.82, 2.24) is 5.32 Å². The maximum atomic E-state index is 6.19. The third kappa shape index (κ3) is 2.60. The van der Waals surface area contributed by atoms with E-state index in [0.717, 1.165) is 24.9 Å². The van der Waals surface area contributed by atoms with Gasteiger partial charge >= 0.3 is 0 Å². The summed E-state index contributed by atoms with van der Waals surface area (Å²) in [5, 5.41) is 3.70. The first kappa shape index (κ1) is 11.6. The minimum absolute atomic E-state index is 0.321. The van der Waals surface area contributed by atoms with E-state index < -0.39 is 0 Å². The monoisotopic (exact) mass is 241 g/mol. The van der Waals surface area contributed by atoms with Crippen LogP contribution in [0.25, 0.3) is 0 Å². The van der Waals surface area contributed by atoms with Gasteiger partial charge in [-0.2, -0.15) is 0 Å². The molecule has 0 amide bonds. The Labute approximate surface area is 101 Å². The fourth-order valence-corrected chi connectivity index (χ4v) is 1.82. The molecule has 1 aromatic rings. The van der Waals surface area contributed by atoms with Crippen LogP contribution in [0, 0.1) is 0 Å². The van der Waals surface area contributed by atoms with Gasteiger partial charge in [-0.25, -0.2) is 0 Å². The van der Waals surface area contributed by atoms with Gasteiger partial charge in [-0.05, 0) is 37.6 Å². The molecule has 0 atom stereocenters. The van der Waals surface area contributed by atoms with Crippen LogP contribution in [0.1, 0.15) is 18.4 Å². The van der Waals surface area contributed by atoms with Crippen LogP contribution in [0.4, 0.5) is 0 Å². The lowest BCUT2D eigenvalue weighted by Crippen LogP contribution is -2.06. The number of methoxy groups -OCH3 is 1. The Hall–Kier alpha value is -0.930. The Bertz CT molecular complexity index is 378. The first-order valence-electron chi connectivity index (χ1n) is 5.42. The summed E-state index contributed by atoms with van der Waals surface area (Å²) in [6, 6.07) is 3.87. The highest BCUT2D eigenvalue weighted by Gasteiger charge is 2.26. The van der Waals surface area contributed by atoms with Crippen molar-refractivity contribution in [3.63, 3.8) is 0 Å². The van der Waals surface area contributed by atoms with Crippen molar-refractivity contribution in [2.24, 2.45) is 0 Å². The molecule has 1 aliphatic carbocycles. The SMILES string of the molecule is CNCc1cc(Cl)c(OC2CC2)c(OC)c1. The number of hydrogen-bond acceptors (Lipinski definition) is 3. The van der Waals surface area contributed by atoms with E-state index in [9.17, 15) is 0 Å². The molecule has 2 rings (SSSR count). The zero-order valence-electron chi connectivity index (χ0n) is 9.55. The van der Waals surface area contributed by atoms with Gasteiger partial charge in [0.2, 0.25) is 0 Å². The van der Waals surface area contributed by atoms with E-state index in [2.05, 4.69) is 5.32 Å². The molecular formula is C12H16ClNO2. The first-order valence-corrected chi connectivity index (χ1v) is 5.80. The molecule has 88 valence electrons. The van der Waals surface area contributed by atoms with Gasteiger partial charge in [0, 0.05) is 6.54 Å². The molecule has 3 nitrogen and oxygen atoms in total. The second kappa shape index (κ2) is 4.93. The zero-order valence-corrected chi connectivity index (χ0v) is 10.3. The van der Waals surface area contributed by atoms with Gasteiger partial charge < -0.3 is 14.8 Å². The fraction of sp³-hybridized carbons (Fsp3) is 0.500. The Morgan fingerprint density at radius 3 is 2.75 bits per heavy atom. The highest BCUT2D eigenvalue weighted by molar-refractivity contribution is 6.32. The predicted octanol–water partition coefficient (Wildman–Crippen LogP) is 2.61. The number of benzene rings is 1. The lowest BCUT2D eigenvalue weighted by Gasteiger charge is -2.13. The Morgan fingerprint density at radius 2 is 2.19 bits per heavy atom. The zero-order chi connectivity index (χ0) is 11.5. The third-order valence-electron chi connectivity index (χ3n) is 2.48. The molecule has 0 spiro atoms. The summed E-state index contributed by atoms with van der Waals surface area (Å²) >= 11 is 6.19. The smallest absolute Gasteiger partial charge is 0.180 e. The van der Waals surface area contributed by atoms with Crippen LogP contribution in [0.5, 0.6) is 11.5 Å². The van der Waals surface area contributed by atoms with Crippen LogP contribution in [0.15, 0.2) is 12.1 Å². The number of rotatable bonds is 5. The molecule has 0 unspecified atom stereocenters. The largest absolute Gasteiger partial charge is 0.493 e. The second-order valence-electron chi connectivity index (χ2n) is 3.96. The summed E-state index contributed by atoms with van der Waals surface area (Å²) in [4.78, 5) is 0. The van der Waals surface area contributed by atoms with Crippen LogP contribution in [0.3, 0.4) is 0 Å². The molecule has 1 aromatic carbocycles. The molecule has 0 radical (unpaired) electrons. The minimum atomic E-state index is 0.321. The Morgan fingerprint density at radius 1 is 1.44 bits per heavy atom. The Kier molecular flexibility index (Phi) is 3.56. The van der Waals surface area contributed by atoms with E-state index in [1.165, 1.54) is 0 Å². The van der Waals surface area contributed by atoms with Gasteiger partial charge in [-0.15, -0.1) is 0 Å². The fourth-order valence-electron chi connectivity index (χ4n) is 1.55. The lowest BCUT2D eigenvalue weighted by molar-refractivity contribution is 0.282. The summed E-state index contributed by atoms with van der Waals surface area (Å²) in [6.45, 7) is 0.764. The summed E-state index contributed by atoms with van der Waals surface area (Å²) in [5.74, 6) is 1.39. The second-order valence-corrected chi connectivity index (χ2v) is 4.36. The average molecular weight is 242 g/mol. The summed E-state index contributed by atoms with van der Waals surface area (Å²) in [5.41, 5.74) is 1.09. The van der Waals surface area contributed by atoms with E-state index in [1.807, 2.05) is 19.2 Å².